The van der Waals surface area contributed by atoms with Gasteiger partial charge in [-0.1, -0.05) is 6.07 Å². The molecule has 0 radical (unpaired) electrons. The summed E-state index contributed by atoms with van der Waals surface area (Å²) in [5.41, 5.74) is 0.0216. The number of rotatable bonds is 5. The molecule has 3 N–H and O–H groups in total. The summed E-state index contributed by atoms with van der Waals surface area (Å²) < 4.78 is 25.8. The maximum atomic E-state index is 13.0. The van der Waals surface area contributed by atoms with E-state index >= 15 is 0 Å². The number of hydrogen-bond acceptors (Lipinski definition) is 3. The van der Waals surface area contributed by atoms with Gasteiger partial charge >= 0.3 is 0 Å². The number of halogens is 2. The van der Waals surface area contributed by atoms with Crippen molar-refractivity contribution >= 4 is 0 Å². The molecule has 1 aromatic rings. The van der Waals surface area contributed by atoms with Crippen molar-refractivity contribution in [1.82, 2.24) is 5.32 Å². The molecule has 1 saturated carbocycles. The van der Waals surface area contributed by atoms with Crippen molar-refractivity contribution in [2.24, 2.45) is 0 Å². The standard InChI is InChI=1S/C13H17F2NO2/c14-10-3-2-9(6-11(10)15)12(18)7-16-13(8-17)4-1-5-13/h2-3,6,12,16-18H,1,4-5,7-8H2. The lowest BCUT2D eigenvalue weighted by Crippen LogP contribution is -2.54. The molecule has 18 heavy (non-hydrogen) atoms. The van der Waals surface area contributed by atoms with Crippen LogP contribution in [0.2, 0.25) is 0 Å². The topological polar surface area (TPSA) is 52.5 Å². The molecule has 1 aromatic carbocycles. The Morgan fingerprint density at radius 2 is 2.00 bits per heavy atom. The maximum absolute atomic E-state index is 13.0. The van der Waals surface area contributed by atoms with E-state index in [4.69, 9.17) is 0 Å². The summed E-state index contributed by atoms with van der Waals surface area (Å²) in [5, 5.41) is 22.2. The first-order valence-corrected chi connectivity index (χ1v) is 6.05. The zero-order valence-electron chi connectivity index (χ0n) is 10.00. The van der Waals surface area contributed by atoms with Crippen LogP contribution >= 0.6 is 0 Å². The molecule has 1 unspecified atom stereocenters. The van der Waals surface area contributed by atoms with Crippen LogP contribution < -0.4 is 5.32 Å². The van der Waals surface area contributed by atoms with Crippen molar-refractivity contribution in [2.75, 3.05) is 13.2 Å². The number of aliphatic hydroxyl groups is 2. The average Bonchev–Trinajstić information content (AvgIpc) is 2.31. The van der Waals surface area contributed by atoms with Crippen LogP contribution in [0.25, 0.3) is 0 Å². The van der Waals surface area contributed by atoms with E-state index in [0.29, 0.717) is 5.56 Å². The van der Waals surface area contributed by atoms with E-state index in [0.717, 1.165) is 31.4 Å². The van der Waals surface area contributed by atoms with Crippen LogP contribution in [0.4, 0.5) is 8.78 Å². The van der Waals surface area contributed by atoms with Gasteiger partial charge in [-0.15, -0.1) is 0 Å². The lowest BCUT2D eigenvalue weighted by molar-refractivity contribution is 0.0686. The predicted molar refractivity (Wildman–Crippen MR) is 63.0 cm³/mol. The highest BCUT2D eigenvalue weighted by molar-refractivity contribution is 5.20. The van der Waals surface area contributed by atoms with Gasteiger partial charge in [0.1, 0.15) is 0 Å². The van der Waals surface area contributed by atoms with E-state index in [1.807, 2.05) is 0 Å². The summed E-state index contributed by atoms with van der Waals surface area (Å²) in [6, 6.07) is 3.35. The molecule has 0 aromatic heterocycles. The van der Waals surface area contributed by atoms with E-state index in [-0.39, 0.29) is 18.7 Å². The third-order valence-corrected chi connectivity index (χ3v) is 3.61. The van der Waals surface area contributed by atoms with Gasteiger partial charge in [0.2, 0.25) is 0 Å². The van der Waals surface area contributed by atoms with Gasteiger partial charge in [0.25, 0.3) is 0 Å². The van der Waals surface area contributed by atoms with Crippen LogP contribution in [-0.2, 0) is 0 Å². The fourth-order valence-electron chi connectivity index (χ4n) is 2.15. The van der Waals surface area contributed by atoms with E-state index in [1.54, 1.807) is 0 Å². The molecular formula is C13H17F2NO2. The monoisotopic (exact) mass is 257 g/mol. The van der Waals surface area contributed by atoms with Gasteiger partial charge in [-0.3, -0.25) is 0 Å². The molecule has 1 aliphatic rings. The molecule has 5 heteroatoms. The highest BCUT2D eigenvalue weighted by Crippen LogP contribution is 2.31. The van der Waals surface area contributed by atoms with E-state index in [1.165, 1.54) is 6.07 Å². The number of benzene rings is 1. The van der Waals surface area contributed by atoms with E-state index in [2.05, 4.69) is 5.32 Å². The lowest BCUT2D eigenvalue weighted by Gasteiger charge is -2.41. The highest BCUT2D eigenvalue weighted by atomic mass is 19.2. The van der Waals surface area contributed by atoms with Crippen LogP contribution in [-0.4, -0.2) is 28.9 Å². The first-order valence-electron chi connectivity index (χ1n) is 6.05. The zero-order valence-corrected chi connectivity index (χ0v) is 10.00. The minimum Gasteiger partial charge on any atom is -0.394 e. The number of hydrogen-bond donors (Lipinski definition) is 3. The van der Waals surface area contributed by atoms with Crippen molar-refractivity contribution < 1.29 is 19.0 Å². The molecule has 0 saturated heterocycles. The van der Waals surface area contributed by atoms with Crippen LogP contribution in [0, 0.1) is 11.6 Å². The van der Waals surface area contributed by atoms with Gasteiger partial charge in [0.05, 0.1) is 12.7 Å². The van der Waals surface area contributed by atoms with E-state index in [9.17, 15) is 19.0 Å². The van der Waals surface area contributed by atoms with Gasteiger partial charge in [0, 0.05) is 12.1 Å². The van der Waals surface area contributed by atoms with Crippen LogP contribution in [0.5, 0.6) is 0 Å². The van der Waals surface area contributed by atoms with Gasteiger partial charge in [0.15, 0.2) is 11.6 Å². The summed E-state index contributed by atoms with van der Waals surface area (Å²) in [5.74, 6) is -1.89. The SMILES string of the molecule is OCC1(NCC(O)c2ccc(F)c(F)c2)CCC1. The third-order valence-electron chi connectivity index (χ3n) is 3.61. The van der Waals surface area contributed by atoms with Crippen molar-refractivity contribution in [3.63, 3.8) is 0 Å². The van der Waals surface area contributed by atoms with Crippen molar-refractivity contribution in [2.45, 2.75) is 30.9 Å². The predicted octanol–water partition coefficient (Wildman–Crippen LogP) is 1.50. The fraction of sp³-hybridized carbons (Fsp3) is 0.538. The molecule has 1 atom stereocenters. The molecule has 0 bridgehead atoms. The number of aliphatic hydroxyl groups excluding tert-OH is 2. The maximum Gasteiger partial charge on any atom is 0.159 e. The zero-order chi connectivity index (χ0) is 13.2. The minimum atomic E-state index is -0.966. The van der Waals surface area contributed by atoms with Crippen molar-refractivity contribution in [1.29, 1.82) is 0 Å². The van der Waals surface area contributed by atoms with Crippen molar-refractivity contribution in [3.8, 4) is 0 Å². The number of β-amino-alcohol motifs (C(OH)–C–C–N with tert-alkyl or cyclic N) is 1. The third kappa shape index (κ3) is 2.68. The summed E-state index contributed by atoms with van der Waals surface area (Å²) in [4.78, 5) is 0. The second-order valence-electron chi connectivity index (χ2n) is 4.86. The van der Waals surface area contributed by atoms with E-state index < -0.39 is 17.7 Å². The first kappa shape index (κ1) is 13.4. The average molecular weight is 257 g/mol. The second kappa shape index (κ2) is 5.30. The van der Waals surface area contributed by atoms with Gasteiger partial charge in [-0.05, 0) is 37.0 Å². The summed E-state index contributed by atoms with van der Waals surface area (Å²) in [6.07, 6.45) is 1.88. The molecule has 3 nitrogen and oxygen atoms in total. The molecule has 1 aliphatic carbocycles. The Kier molecular flexibility index (Phi) is 3.94. The van der Waals surface area contributed by atoms with Crippen LogP contribution in [0.15, 0.2) is 18.2 Å². The lowest BCUT2D eigenvalue weighted by atomic mass is 9.77. The molecule has 0 amide bonds. The summed E-state index contributed by atoms with van der Waals surface area (Å²) in [7, 11) is 0. The molecule has 0 aliphatic heterocycles. The Hall–Kier alpha value is -1.04. The summed E-state index contributed by atoms with van der Waals surface area (Å²) in [6.45, 7) is 0.239. The van der Waals surface area contributed by atoms with Gasteiger partial charge in [-0.2, -0.15) is 0 Å². The Morgan fingerprint density at radius 1 is 1.28 bits per heavy atom. The van der Waals surface area contributed by atoms with Crippen LogP contribution in [0.3, 0.4) is 0 Å². The Balaban J connectivity index is 1.94. The van der Waals surface area contributed by atoms with Gasteiger partial charge in [-0.25, -0.2) is 8.78 Å². The quantitative estimate of drug-likeness (QED) is 0.749. The molecule has 0 heterocycles. The van der Waals surface area contributed by atoms with Crippen LogP contribution in [0.1, 0.15) is 30.9 Å². The molecule has 100 valence electrons. The molecule has 1 fully saturated rings. The minimum absolute atomic E-state index is 0.0253. The smallest absolute Gasteiger partial charge is 0.159 e. The highest BCUT2D eigenvalue weighted by Gasteiger charge is 2.36. The Morgan fingerprint density at radius 3 is 2.50 bits per heavy atom. The van der Waals surface area contributed by atoms with Crippen molar-refractivity contribution in [3.05, 3.63) is 35.4 Å². The van der Waals surface area contributed by atoms with Gasteiger partial charge < -0.3 is 15.5 Å². The Labute approximate surface area is 104 Å². The first-order chi connectivity index (χ1) is 8.56. The molecular weight excluding hydrogens is 240 g/mol. The summed E-state index contributed by atoms with van der Waals surface area (Å²) >= 11 is 0. The second-order valence-corrected chi connectivity index (χ2v) is 4.86. The molecule has 0 spiro atoms. The normalized spacial score (nSPS) is 19.3. The Bertz CT molecular complexity index is 416. The molecule has 2 rings (SSSR count). The largest absolute Gasteiger partial charge is 0.394 e. The fourth-order valence-corrected chi connectivity index (χ4v) is 2.15. The number of nitrogens with one attached hydrogen (secondary N) is 1.